The predicted octanol–water partition coefficient (Wildman–Crippen LogP) is 6.23. The third-order valence-corrected chi connectivity index (χ3v) is 5.72. The summed E-state index contributed by atoms with van der Waals surface area (Å²) in [6, 6.07) is 19.5. The maximum Gasteiger partial charge on any atom is 0.512 e. The Morgan fingerprint density at radius 2 is 1.65 bits per heavy atom. The number of aromatic nitrogens is 1. The van der Waals surface area contributed by atoms with Crippen LogP contribution >= 0.6 is 0 Å². The summed E-state index contributed by atoms with van der Waals surface area (Å²) in [6.07, 6.45) is -0.160. The highest BCUT2D eigenvalue weighted by Crippen LogP contribution is 2.38. The van der Waals surface area contributed by atoms with E-state index in [0.717, 1.165) is 33.2 Å². The van der Waals surface area contributed by atoms with Gasteiger partial charge in [-0.15, -0.1) is 0 Å². The summed E-state index contributed by atoms with van der Waals surface area (Å²) >= 11 is 0. The monoisotopic (exact) mass is 461 g/mol. The van der Waals surface area contributed by atoms with Crippen LogP contribution in [-0.2, 0) is 6.42 Å². The van der Waals surface area contributed by atoms with Gasteiger partial charge < -0.3 is 29.0 Å². The summed E-state index contributed by atoms with van der Waals surface area (Å²) in [4.78, 5) is 14.6. The van der Waals surface area contributed by atoms with Gasteiger partial charge in [-0.2, -0.15) is 0 Å². The first kappa shape index (κ1) is 23.0. The van der Waals surface area contributed by atoms with Crippen molar-refractivity contribution in [2.45, 2.75) is 19.8 Å². The normalized spacial score (nSPS) is 10.8. The van der Waals surface area contributed by atoms with Gasteiger partial charge in [-0.25, -0.2) is 4.79 Å². The number of carbonyl (C=O) groups is 1. The highest BCUT2D eigenvalue weighted by Gasteiger charge is 2.19. The van der Waals surface area contributed by atoms with Gasteiger partial charge in [0.25, 0.3) is 0 Å². The molecule has 0 atom stereocenters. The first-order valence-corrected chi connectivity index (χ1v) is 11.0. The van der Waals surface area contributed by atoms with E-state index in [1.807, 2.05) is 42.5 Å². The van der Waals surface area contributed by atoms with Crippen molar-refractivity contribution in [3.63, 3.8) is 0 Å². The van der Waals surface area contributed by atoms with Crippen LogP contribution in [0.1, 0.15) is 17.5 Å². The molecule has 0 aliphatic rings. The maximum atomic E-state index is 11.4. The minimum absolute atomic E-state index is 0.238. The van der Waals surface area contributed by atoms with Gasteiger partial charge in [-0.3, -0.25) is 0 Å². The van der Waals surface area contributed by atoms with Gasteiger partial charge in [0, 0.05) is 16.5 Å². The number of benzene rings is 3. The fourth-order valence-corrected chi connectivity index (χ4v) is 4.17. The molecule has 0 bridgehead atoms. The lowest BCUT2D eigenvalue weighted by atomic mass is 9.97. The molecule has 7 nitrogen and oxygen atoms in total. The molecule has 0 saturated carbocycles. The number of hydrogen-bond acceptors (Lipinski definition) is 5. The number of H-pyrrole nitrogens is 1. The molecule has 1 aromatic heterocycles. The van der Waals surface area contributed by atoms with Crippen molar-refractivity contribution in [3.8, 4) is 34.3 Å². The van der Waals surface area contributed by atoms with E-state index >= 15 is 0 Å². The SMILES string of the molecule is COc1cccc(OCCCc2c(OC(=O)O)[nH]c3c(-c4ccccc4C)cccc23)c1OC. The summed E-state index contributed by atoms with van der Waals surface area (Å²) in [5.41, 5.74) is 4.85. The van der Waals surface area contributed by atoms with Crippen LogP contribution < -0.4 is 18.9 Å². The fourth-order valence-electron chi connectivity index (χ4n) is 4.17. The molecule has 0 spiro atoms. The Bertz CT molecular complexity index is 1310. The van der Waals surface area contributed by atoms with Gasteiger partial charge in [-0.1, -0.05) is 48.5 Å². The molecule has 4 rings (SSSR count). The molecule has 7 heteroatoms. The summed E-state index contributed by atoms with van der Waals surface area (Å²) in [5, 5.41) is 10.2. The smallest absolute Gasteiger partial charge is 0.493 e. The Morgan fingerprint density at radius 1 is 0.912 bits per heavy atom. The van der Waals surface area contributed by atoms with E-state index in [2.05, 4.69) is 24.0 Å². The molecule has 0 aliphatic heterocycles. The molecule has 0 fully saturated rings. The molecule has 176 valence electrons. The molecule has 4 aromatic rings. The zero-order valence-electron chi connectivity index (χ0n) is 19.4. The number of aromatic amines is 1. The van der Waals surface area contributed by atoms with Crippen LogP contribution in [-0.4, -0.2) is 37.1 Å². The van der Waals surface area contributed by atoms with Crippen molar-refractivity contribution in [1.82, 2.24) is 4.98 Å². The predicted molar refractivity (Wildman–Crippen MR) is 130 cm³/mol. The number of fused-ring (bicyclic) bond motifs is 1. The molecular formula is C27H27NO6. The quantitative estimate of drug-likeness (QED) is 0.227. The van der Waals surface area contributed by atoms with Crippen molar-refractivity contribution in [1.29, 1.82) is 0 Å². The van der Waals surface area contributed by atoms with Crippen molar-refractivity contribution in [3.05, 3.63) is 71.8 Å². The molecule has 3 aromatic carbocycles. The van der Waals surface area contributed by atoms with Crippen LogP contribution in [0.4, 0.5) is 4.79 Å². The highest BCUT2D eigenvalue weighted by molar-refractivity contribution is 5.98. The van der Waals surface area contributed by atoms with E-state index in [1.54, 1.807) is 20.3 Å². The van der Waals surface area contributed by atoms with Crippen molar-refractivity contribution >= 4 is 17.1 Å². The number of carboxylic acid groups (broad SMARTS) is 1. The van der Waals surface area contributed by atoms with Gasteiger partial charge >= 0.3 is 6.16 Å². The Kier molecular flexibility index (Phi) is 6.92. The molecule has 0 aliphatic carbocycles. The first-order chi connectivity index (χ1) is 16.5. The molecule has 0 saturated heterocycles. The summed E-state index contributed by atoms with van der Waals surface area (Å²) in [7, 11) is 3.14. The second kappa shape index (κ2) is 10.2. The van der Waals surface area contributed by atoms with Gasteiger partial charge in [0.05, 0.1) is 26.3 Å². The highest BCUT2D eigenvalue weighted by atomic mass is 16.7. The standard InChI is InChI=1S/C27H27NO6/c1-17-9-4-5-10-18(17)19-11-6-12-20-21(26(28-24(19)20)34-27(29)30)13-8-16-33-23-15-7-14-22(31-2)25(23)32-3/h4-7,9-12,14-15,28H,8,13,16H2,1-3H3,(H,29,30). The Hall–Kier alpha value is -4.13. The van der Waals surface area contributed by atoms with E-state index in [1.165, 1.54) is 0 Å². The van der Waals surface area contributed by atoms with Gasteiger partial charge in [0.2, 0.25) is 11.6 Å². The number of para-hydroxylation sites is 2. The Labute approximate surface area is 197 Å². The minimum atomic E-state index is -1.36. The minimum Gasteiger partial charge on any atom is -0.493 e. The number of aryl methyl sites for hydroxylation is 2. The number of ether oxygens (including phenoxy) is 4. The summed E-state index contributed by atoms with van der Waals surface area (Å²) in [5.74, 6) is 1.96. The van der Waals surface area contributed by atoms with Crippen LogP contribution in [0.2, 0.25) is 0 Å². The van der Waals surface area contributed by atoms with Crippen molar-refractivity contribution in [2.75, 3.05) is 20.8 Å². The lowest BCUT2D eigenvalue weighted by molar-refractivity contribution is 0.142. The van der Waals surface area contributed by atoms with Gasteiger partial charge in [0.15, 0.2) is 11.5 Å². The van der Waals surface area contributed by atoms with E-state index < -0.39 is 6.16 Å². The molecular weight excluding hydrogens is 434 g/mol. The number of rotatable bonds is 9. The number of nitrogens with one attached hydrogen (secondary N) is 1. The summed E-state index contributed by atoms with van der Waals surface area (Å²) in [6.45, 7) is 2.46. The van der Waals surface area contributed by atoms with Gasteiger partial charge in [0.1, 0.15) is 0 Å². The van der Waals surface area contributed by atoms with E-state index in [0.29, 0.717) is 36.7 Å². The first-order valence-electron chi connectivity index (χ1n) is 11.0. The van der Waals surface area contributed by atoms with Crippen LogP contribution in [0.25, 0.3) is 22.0 Å². The third kappa shape index (κ3) is 4.64. The van der Waals surface area contributed by atoms with E-state index in [9.17, 15) is 9.90 Å². The second-order valence-electron chi connectivity index (χ2n) is 7.79. The number of hydrogen-bond donors (Lipinski definition) is 2. The van der Waals surface area contributed by atoms with Gasteiger partial charge in [-0.05, 0) is 43.0 Å². The zero-order valence-corrected chi connectivity index (χ0v) is 19.4. The number of methoxy groups -OCH3 is 2. The van der Waals surface area contributed by atoms with Crippen LogP contribution in [0.15, 0.2) is 60.7 Å². The largest absolute Gasteiger partial charge is 0.512 e. The van der Waals surface area contributed by atoms with Crippen molar-refractivity contribution < 1.29 is 28.8 Å². The van der Waals surface area contributed by atoms with Crippen molar-refractivity contribution in [2.24, 2.45) is 0 Å². The molecule has 0 radical (unpaired) electrons. The van der Waals surface area contributed by atoms with Crippen LogP contribution in [0.3, 0.4) is 0 Å². The fraction of sp³-hybridized carbons (Fsp3) is 0.222. The average Bonchev–Trinajstić information content (AvgIpc) is 3.18. The lowest BCUT2D eigenvalue weighted by Crippen LogP contribution is -2.06. The Balaban J connectivity index is 1.60. The van der Waals surface area contributed by atoms with Crippen LogP contribution in [0.5, 0.6) is 23.1 Å². The second-order valence-corrected chi connectivity index (χ2v) is 7.79. The molecule has 0 unspecified atom stereocenters. The maximum absolute atomic E-state index is 11.4. The van der Waals surface area contributed by atoms with E-state index in [4.69, 9.17) is 18.9 Å². The molecule has 1 heterocycles. The zero-order chi connectivity index (χ0) is 24.1. The summed E-state index contributed by atoms with van der Waals surface area (Å²) < 4.78 is 21.8. The molecule has 2 N–H and O–H groups in total. The average molecular weight is 462 g/mol. The topological polar surface area (TPSA) is 90.0 Å². The Morgan fingerprint density at radius 3 is 2.38 bits per heavy atom. The molecule has 34 heavy (non-hydrogen) atoms. The van der Waals surface area contributed by atoms with Crippen LogP contribution in [0, 0.1) is 6.92 Å². The lowest BCUT2D eigenvalue weighted by Gasteiger charge is -2.13. The van der Waals surface area contributed by atoms with E-state index in [-0.39, 0.29) is 5.88 Å². The molecule has 0 amide bonds. The third-order valence-electron chi connectivity index (χ3n) is 5.72.